The van der Waals surface area contributed by atoms with Crippen LogP contribution in [0.15, 0.2) is 23.3 Å². The van der Waals surface area contributed by atoms with Gasteiger partial charge in [-0.15, -0.1) is 0 Å². The summed E-state index contributed by atoms with van der Waals surface area (Å²) in [5.74, 6) is 2.80. The lowest BCUT2D eigenvalue weighted by Gasteiger charge is -2.56. The molecule has 4 rings (SSSR count). The maximum Gasteiger partial charge on any atom is 0.160 e. The molecule has 0 bridgehead atoms. The Hall–Kier alpha value is -1.22. The van der Waals surface area contributed by atoms with Crippen LogP contribution in [0.25, 0.3) is 0 Å². The minimum absolute atomic E-state index is 0.0428. The van der Waals surface area contributed by atoms with Crippen molar-refractivity contribution in [2.45, 2.75) is 99.0 Å². The highest BCUT2D eigenvalue weighted by Gasteiger charge is 2.60. The number of Topliss-reactive ketones (excluding diaryl/α,β-unsaturated/α-hetero) is 2. The third-order valence-corrected chi connectivity index (χ3v) is 10.7. The van der Waals surface area contributed by atoms with E-state index in [1.54, 1.807) is 0 Å². The predicted octanol–water partition coefficient (Wildman–Crippen LogP) is 6.30. The van der Waals surface area contributed by atoms with E-state index >= 15 is 0 Å². The minimum Gasteiger partial charge on any atom is -0.389 e. The van der Waals surface area contributed by atoms with Crippen molar-refractivity contribution in [3.63, 3.8) is 0 Å². The van der Waals surface area contributed by atoms with Crippen LogP contribution in [0.3, 0.4) is 0 Å². The maximum absolute atomic E-state index is 13.5. The first-order chi connectivity index (χ1) is 14.9. The average Bonchev–Trinajstić information content (AvgIpc) is 3.01. The van der Waals surface area contributed by atoms with Gasteiger partial charge < -0.3 is 5.11 Å². The van der Waals surface area contributed by atoms with Gasteiger partial charge >= 0.3 is 0 Å². The molecular weight excluding hydrogens is 396 g/mol. The van der Waals surface area contributed by atoms with Gasteiger partial charge in [0.2, 0.25) is 0 Å². The summed E-state index contributed by atoms with van der Waals surface area (Å²) in [6, 6.07) is 0. The summed E-state index contributed by atoms with van der Waals surface area (Å²) in [4.78, 5) is 27.0. The lowest BCUT2D eigenvalue weighted by atomic mass is 9.47. The Balaban J connectivity index is 1.66. The Morgan fingerprint density at radius 3 is 2.31 bits per heavy atom. The zero-order valence-electron chi connectivity index (χ0n) is 21.2. The number of aliphatic hydroxyl groups is 1. The monoisotopic (exact) mass is 440 g/mol. The van der Waals surface area contributed by atoms with E-state index in [0.29, 0.717) is 36.5 Å². The topological polar surface area (TPSA) is 54.4 Å². The van der Waals surface area contributed by atoms with E-state index in [4.69, 9.17) is 0 Å². The van der Waals surface area contributed by atoms with Crippen LogP contribution < -0.4 is 0 Å². The Morgan fingerprint density at radius 1 is 0.969 bits per heavy atom. The van der Waals surface area contributed by atoms with Gasteiger partial charge in [-0.1, -0.05) is 61.0 Å². The van der Waals surface area contributed by atoms with Gasteiger partial charge in [0.15, 0.2) is 11.6 Å². The van der Waals surface area contributed by atoms with E-state index in [-0.39, 0.29) is 34.2 Å². The number of ketones is 2. The Kier molecular flexibility index (Phi) is 6.14. The number of hydrogen-bond acceptors (Lipinski definition) is 3. The van der Waals surface area contributed by atoms with Crippen LogP contribution in [0.4, 0.5) is 0 Å². The van der Waals surface area contributed by atoms with E-state index in [9.17, 15) is 14.7 Å². The number of rotatable bonds is 5. The minimum atomic E-state index is -0.490. The van der Waals surface area contributed by atoms with Crippen molar-refractivity contribution in [2.75, 3.05) is 0 Å². The fourth-order valence-corrected chi connectivity index (χ4v) is 7.98. The van der Waals surface area contributed by atoms with Crippen molar-refractivity contribution < 1.29 is 14.7 Å². The summed E-state index contributed by atoms with van der Waals surface area (Å²) in [5, 5.41) is 10.4. The average molecular weight is 441 g/mol. The number of carbonyl (C=O) groups excluding carboxylic acids is 2. The Bertz CT molecular complexity index is 850. The molecule has 0 aromatic rings. The maximum atomic E-state index is 13.5. The van der Waals surface area contributed by atoms with E-state index in [1.807, 2.05) is 0 Å². The SMILES string of the molecule is C=C1C(O)CCC2(C)C1CC(=O)C1=C3C(=O)CC(C(C)CCC(C)C(C)C)C3(C)CCC12. The molecule has 3 nitrogen and oxygen atoms in total. The molecule has 0 radical (unpaired) electrons. The summed E-state index contributed by atoms with van der Waals surface area (Å²) in [6.07, 6.45) is 6.51. The van der Waals surface area contributed by atoms with E-state index in [0.717, 1.165) is 48.8 Å². The molecule has 0 aliphatic heterocycles. The first-order valence-electron chi connectivity index (χ1n) is 13.1. The van der Waals surface area contributed by atoms with Gasteiger partial charge in [0.1, 0.15) is 0 Å². The van der Waals surface area contributed by atoms with E-state index < -0.39 is 6.10 Å². The first-order valence-corrected chi connectivity index (χ1v) is 13.1. The lowest BCUT2D eigenvalue weighted by Crippen LogP contribution is -2.52. The van der Waals surface area contributed by atoms with Gasteiger partial charge in [0, 0.05) is 24.0 Å². The van der Waals surface area contributed by atoms with Crippen molar-refractivity contribution in [3.8, 4) is 0 Å². The summed E-state index contributed by atoms with van der Waals surface area (Å²) < 4.78 is 0. The normalized spacial score (nSPS) is 41.4. The third kappa shape index (κ3) is 3.49. The lowest BCUT2D eigenvalue weighted by molar-refractivity contribution is -0.125. The van der Waals surface area contributed by atoms with E-state index in [2.05, 4.69) is 48.1 Å². The summed E-state index contributed by atoms with van der Waals surface area (Å²) in [7, 11) is 0. The van der Waals surface area contributed by atoms with Crippen molar-refractivity contribution in [1.82, 2.24) is 0 Å². The highest BCUT2D eigenvalue weighted by Crippen LogP contribution is 2.65. The first kappa shape index (κ1) is 23.9. The van der Waals surface area contributed by atoms with Crippen molar-refractivity contribution in [1.29, 1.82) is 0 Å². The zero-order valence-corrected chi connectivity index (χ0v) is 21.2. The fraction of sp³-hybridized carbons (Fsp3) is 0.793. The Labute approximate surface area is 195 Å². The highest BCUT2D eigenvalue weighted by atomic mass is 16.3. The second kappa shape index (κ2) is 8.22. The molecule has 0 aromatic heterocycles. The second-order valence-electron chi connectivity index (χ2n) is 12.6. The highest BCUT2D eigenvalue weighted by molar-refractivity contribution is 6.10. The summed E-state index contributed by atoms with van der Waals surface area (Å²) in [6.45, 7) is 18.0. The summed E-state index contributed by atoms with van der Waals surface area (Å²) in [5.41, 5.74) is 2.41. The van der Waals surface area contributed by atoms with Crippen molar-refractivity contribution in [2.24, 2.45) is 46.3 Å². The Morgan fingerprint density at radius 2 is 1.66 bits per heavy atom. The zero-order chi connectivity index (χ0) is 23.6. The molecule has 4 aliphatic rings. The molecule has 3 fully saturated rings. The summed E-state index contributed by atoms with van der Waals surface area (Å²) >= 11 is 0. The van der Waals surface area contributed by atoms with Crippen LogP contribution in [-0.4, -0.2) is 22.8 Å². The van der Waals surface area contributed by atoms with Crippen LogP contribution in [0.1, 0.15) is 92.9 Å². The van der Waals surface area contributed by atoms with Crippen LogP contribution >= 0.6 is 0 Å². The largest absolute Gasteiger partial charge is 0.389 e. The molecule has 0 heterocycles. The van der Waals surface area contributed by atoms with Gasteiger partial charge in [-0.05, 0) is 77.6 Å². The standard InChI is InChI=1S/C29H44O3/c1-16(2)17(3)8-9-18(4)21-14-25(32)27-26-20(10-12-29(21,27)7)28(6)13-11-23(30)19(5)22(28)15-24(26)31/h16-18,20-23,30H,5,8-15H2,1-4,6-7H3. The van der Waals surface area contributed by atoms with Crippen LogP contribution in [0, 0.1) is 46.3 Å². The number of aliphatic hydroxyl groups excluding tert-OH is 1. The van der Waals surface area contributed by atoms with Crippen LogP contribution in [-0.2, 0) is 9.59 Å². The number of hydrogen-bond donors (Lipinski definition) is 1. The fourth-order valence-electron chi connectivity index (χ4n) is 7.98. The molecule has 8 atom stereocenters. The number of carbonyl (C=O) groups is 2. The molecule has 0 aromatic carbocycles. The van der Waals surface area contributed by atoms with Crippen LogP contribution in [0.2, 0.25) is 0 Å². The number of allylic oxidation sites excluding steroid dienone is 2. The quantitative estimate of drug-likeness (QED) is 0.510. The van der Waals surface area contributed by atoms with Crippen molar-refractivity contribution in [3.05, 3.63) is 23.3 Å². The van der Waals surface area contributed by atoms with Gasteiger partial charge in [0.25, 0.3) is 0 Å². The smallest absolute Gasteiger partial charge is 0.160 e. The molecule has 3 heteroatoms. The van der Waals surface area contributed by atoms with Gasteiger partial charge in [-0.3, -0.25) is 9.59 Å². The molecule has 3 saturated carbocycles. The second-order valence-corrected chi connectivity index (χ2v) is 12.6. The predicted molar refractivity (Wildman–Crippen MR) is 129 cm³/mol. The molecule has 32 heavy (non-hydrogen) atoms. The molecule has 4 aliphatic carbocycles. The molecular formula is C29H44O3. The molecule has 8 unspecified atom stereocenters. The number of fused-ring (bicyclic) bond motifs is 4. The molecule has 0 amide bonds. The molecule has 178 valence electrons. The molecule has 1 N–H and O–H groups in total. The molecule has 0 saturated heterocycles. The van der Waals surface area contributed by atoms with Crippen molar-refractivity contribution >= 4 is 11.6 Å². The molecule has 0 spiro atoms. The van der Waals surface area contributed by atoms with Crippen LogP contribution in [0.5, 0.6) is 0 Å². The van der Waals surface area contributed by atoms with Gasteiger partial charge in [-0.2, -0.15) is 0 Å². The third-order valence-electron chi connectivity index (χ3n) is 10.7. The van der Waals surface area contributed by atoms with Gasteiger partial charge in [0.05, 0.1) is 6.10 Å². The van der Waals surface area contributed by atoms with Gasteiger partial charge in [-0.25, -0.2) is 0 Å². The van der Waals surface area contributed by atoms with E-state index in [1.165, 1.54) is 6.42 Å².